The molecule has 0 saturated heterocycles. The lowest BCUT2D eigenvalue weighted by molar-refractivity contribution is -0.141. The van der Waals surface area contributed by atoms with Crippen molar-refractivity contribution in [2.24, 2.45) is 0 Å². The molecule has 31 heavy (non-hydrogen) atoms. The molecule has 1 heterocycles. The number of carbonyl (C=O) groups excluding carboxylic acids is 2. The van der Waals surface area contributed by atoms with E-state index >= 15 is 0 Å². The summed E-state index contributed by atoms with van der Waals surface area (Å²) in [4.78, 5) is 27.3. The van der Waals surface area contributed by atoms with Gasteiger partial charge in [0, 0.05) is 30.2 Å². The fourth-order valence-corrected chi connectivity index (χ4v) is 3.69. The number of methoxy groups -OCH3 is 1. The quantitative estimate of drug-likeness (QED) is 0.458. The number of benzene rings is 2. The van der Waals surface area contributed by atoms with Crippen LogP contribution < -0.4 is 0 Å². The molecule has 0 radical (unpaired) electrons. The average molecular weight is 450 g/mol. The molecule has 1 amide bonds. The van der Waals surface area contributed by atoms with Gasteiger partial charge >= 0.3 is 5.97 Å². The first kappa shape index (κ1) is 22.9. The van der Waals surface area contributed by atoms with Crippen LogP contribution >= 0.6 is 11.6 Å². The van der Waals surface area contributed by atoms with Crippen LogP contribution in [0.4, 0.5) is 8.78 Å². The van der Waals surface area contributed by atoms with Gasteiger partial charge in [-0.05, 0) is 42.3 Å². The van der Waals surface area contributed by atoms with Crippen LogP contribution in [0.5, 0.6) is 0 Å². The Bertz CT molecular complexity index is 1010. The van der Waals surface area contributed by atoms with E-state index in [0.717, 1.165) is 17.7 Å². The summed E-state index contributed by atoms with van der Waals surface area (Å²) in [5.74, 6) is -3.28. The van der Waals surface area contributed by atoms with Crippen molar-refractivity contribution in [2.45, 2.75) is 25.8 Å². The van der Waals surface area contributed by atoms with Crippen LogP contribution in [0.15, 0.2) is 53.7 Å². The summed E-state index contributed by atoms with van der Waals surface area (Å²) < 4.78 is 37.2. The molecule has 1 atom stereocenters. The Balaban J connectivity index is 1.98. The van der Waals surface area contributed by atoms with Gasteiger partial charge in [-0.1, -0.05) is 29.8 Å². The summed E-state index contributed by atoms with van der Waals surface area (Å²) in [7, 11) is 1.50. The highest BCUT2D eigenvalue weighted by molar-refractivity contribution is 6.30. The van der Waals surface area contributed by atoms with Gasteiger partial charge in [0.2, 0.25) is 5.91 Å². The number of rotatable bonds is 7. The molecule has 1 unspecified atom stereocenters. The SMILES string of the molecule is COCCOC(=O)C1=C(C)N(Cc2ccc(F)c(F)c2)C(=O)CC1c1ccc(Cl)cc1. The number of halogens is 3. The van der Waals surface area contributed by atoms with Crippen molar-refractivity contribution in [3.8, 4) is 0 Å². The summed E-state index contributed by atoms with van der Waals surface area (Å²) in [6, 6.07) is 10.4. The second-order valence-corrected chi connectivity index (χ2v) is 7.60. The van der Waals surface area contributed by atoms with Crippen molar-refractivity contribution in [1.29, 1.82) is 0 Å². The molecule has 2 aromatic rings. The Hall–Kier alpha value is -2.77. The first-order valence-corrected chi connectivity index (χ1v) is 10.1. The predicted molar refractivity (Wildman–Crippen MR) is 111 cm³/mol. The van der Waals surface area contributed by atoms with Gasteiger partial charge in [0.15, 0.2) is 11.6 Å². The maximum atomic E-state index is 13.6. The molecule has 3 rings (SSSR count). The van der Waals surface area contributed by atoms with E-state index in [1.54, 1.807) is 31.2 Å². The van der Waals surface area contributed by atoms with Crippen LogP contribution in [0.2, 0.25) is 5.02 Å². The fourth-order valence-electron chi connectivity index (χ4n) is 3.56. The van der Waals surface area contributed by atoms with Crippen LogP contribution in [0, 0.1) is 11.6 Å². The zero-order valence-corrected chi connectivity index (χ0v) is 17.9. The van der Waals surface area contributed by atoms with E-state index in [1.807, 2.05) is 0 Å². The van der Waals surface area contributed by atoms with E-state index in [4.69, 9.17) is 21.1 Å². The topological polar surface area (TPSA) is 55.8 Å². The molecule has 0 spiro atoms. The van der Waals surface area contributed by atoms with E-state index in [1.165, 1.54) is 18.1 Å². The Labute approximate surface area is 184 Å². The lowest BCUT2D eigenvalue weighted by atomic mass is 9.83. The second kappa shape index (κ2) is 10.0. The van der Waals surface area contributed by atoms with Crippen molar-refractivity contribution >= 4 is 23.5 Å². The lowest BCUT2D eigenvalue weighted by Gasteiger charge is -2.34. The third kappa shape index (κ3) is 5.29. The molecule has 0 saturated carbocycles. The predicted octanol–water partition coefficient (Wildman–Crippen LogP) is 4.60. The summed E-state index contributed by atoms with van der Waals surface area (Å²) in [6.07, 6.45) is 0.0252. The van der Waals surface area contributed by atoms with E-state index in [0.29, 0.717) is 21.9 Å². The number of ether oxygens (including phenoxy) is 2. The third-order valence-electron chi connectivity index (χ3n) is 5.16. The molecule has 0 aliphatic carbocycles. The molecule has 2 aromatic carbocycles. The van der Waals surface area contributed by atoms with Gasteiger partial charge < -0.3 is 14.4 Å². The summed E-state index contributed by atoms with van der Waals surface area (Å²) >= 11 is 5.98. The van der Waals surface area contributed by atoms with Crippen LogP contribution in [0.1, 0.15) is 30.4 Å². The van der Waals surface area contributed by atoms with Gasteiger partial charge in [0.1, 0.15) is 6.61 Å². The summed E-state index contributed by atoms with van der Waals surface area (Å²) in [5.41, 5.74) is 1.90. The highest BCUT2D eigenvalue weighted by Gasteiger charge is 2.37. The monoisotopic (exact) mass is 449 g/mol. The first-order valence-electron chi connectivity index (χ1n) is 9.68. The molecular weight excluding hydrogens is 428 g/mol. The van der Waals surface area contributed by atoms with Gasteiger partial charge in [-0.25, -0.2) is 13.6 Å². The van der Waals surface area contributed by atoms with E-state index in [9.17, 15) is 18.4 Å². The van der Waals surface area contributed by atoms with E-state index < -0.39 is 23.5 Å². The Morgan fingerprint density at radius 2 is 1.84 bits per heavy atom. The highest BCUT2D eigenvalue weighted by Crippen LogP contribution is 2.38. The van der Waals surface area contributed by atoms with Crippen LogP contribution in [0.3, 0.4) is 0 Å². The van der Waals surface area contributed by atoms with E-state index in [2.05, 4.69) is 0 Å². The normalized spacial score (nSPS) is 16.6. The van der Waals surface area contributed by atoms with Crippen molar-refractivity contribution in [3.05, 3.63) is 81.5 Å². The Morgan fingerprint density at radius 1 is 1.13 bits per heavy atom. The summed E-state index contributed by atoms with van der Waals surface area (Å²) in [6.45, 7) is 1.95. The number of esters is 1. The smallest absolute Gasteiger partial charge is 0.336 e. The van der Waals surface area contributed by atoms with Gasteiger partial charge in [-0.15, -0.1) is 0 Å². The lowest BCUT2D eigenvalue weighted by Crippen LogP contribution is -2.38. The minimum Gasteiger partial charge on any atom is -0.460 e. The van der Waals surface area contributed by atoms with Crippen molar-refractivity contribution in [2.75, 3.05) is 20.3 Å². The van der Waals surface area contributed by atoms with Crippen molar-refractivity contribution < 1.29 is 27.8 Å². The second-order valence-electron chi connectivity index (χ2n) is 7.16. The zero-order valence-electron chi connectivity index (χ0n) is 17.2. The number of hydrogen-bond donors (Lipinski definition) is 0. The standard InChI is InChI=1S/C23H22ClF2NO4/c1-14-22(23(29)31-10-9-30-2)18(16-4-6-17(24)7-5-16)12-21(28)27(14)13-15-3-8-19(25)20(26)11-15/h3-8,11,18H,9-10,12-13H2,1-2H3. The van der Waals surface area contributed by atoms with Crippen LogP contribution in [-0.2, 0) is 25.6 Å². The summed E-state index contributed by atoms with van der Waals surface area (Å²) in [5, 5.41) is 0.538. The van der Waals surface area contributed by atoms with Crippen LogP contribution in [0.25, 0.3) is 0 Å². The molecule has 0 fully saturated rings. The van der Waals surface area contributed by atoms with Gasteiger partial charge in [0.05, 0.1) is 18.7 Å². The molecule has 0 bridgehead atoms. The maximum absolute atomic E-state index is 13.6. The number of amides is 1. The Morgan fingerprint density at radius 3 is 2.48 bits per heavy atom. The average Bonchev–Trinajstić information content (AvgIpc) is 2.74. The number of nitrogens with zero attached hydrogens (tertiary/aromatic N) is 1. The minimum absolute atomic E-state index is 0.00402. The number of allylic oxidation sites excluding steroid dienone is 1. The number of hydrogen-bond acceptors (Lipinski definition) is 4. The molecule has 164 valence electrons. The fraction of sp³-hybridized carbons (Fsp3) is 0.304. The van der Waals surface area contributed by atoms with Gasteiger partial charge in [0.25, 0.3) is 0 Å². The minimum atomic E-state index is -0.998. The Kier molecular flexibility index (Phi) is 7.41. The highest BCUT2D eigenvalue weighted by atomic mass is 35.5. The molecule has 8 heteroatoms. The molecule has 0 aromatic heterocycles. The molecule has 1 aliphatic rings. The molecule has 5 nitrogen and oxygen atoms in total. The third-order valence-corrected chi connectivity index (χ3v) is 5.41. The van der Waals surface area contributed by atoms with Gasteiger partial charge in [-0.3, -0.25) is 4.79 Å². The van der Waals surface area contributed by atoms with Crippen molar-refractivity contribution in [1.82, 2.24) is 4.90 Å². The van der Waals surface area contributed by atoms with E-state index in [-0.39, 0.29) is 32.1 Å². The largest absolute Gasteiger partial charge is 0.460 e. The number of carbonyl (C=O) groups is 2. The van der Waals surface area contributed by atoms with Crippen LogP contribution in [-0.4, -0.2) is 37.1 Å². The van der Waals surface area contributed by atoms with Crippen molar-refractivity contribution in [3.63, 3.8) is 0 Å². The first-order chi connectivity index (χ1) is 14.8. The zero-order chi connectivity index (χ0) is 22.5. The molecule has 0 N–H and O–H groups in total. The maximum Gasteiger partial charge on any atom is 0.336 e. The molecular formula is C23H22ClF2NO4. The molecule has 1 aliphatic heterocycles. The van der Waals surface area contributed by atoms with Gasteiger partial charge in [-0.2, -0.15) is 0 Å².